The highest BCUT2D eigenvalue weighted by molar-refractivity contribution is 5.76. The normalized spacial score (nSPS) is 15.4. The van der Waals surface area contributed by atoms with Crippen LogP contribution in [0.4, 0.5) is 4.39 Å². The molecule has 0 aromatic heterocycles. The third-order valence-corrected chi connectivity index (χ3v) is 5.32. The van der Waals surface area contributed by atoms with Crippen LogP contribution in [0.3, 0.4) is 0 Å². The number of methoxy groups -OCH3 is 2. The van der Waals surface area contributed by atoms with Crippen LogP contribution in [0.25, 0.3) is 0 Å². The number of rotatable bonds is 9. The molecule has 1 amide bonds. The lowest BCUT2D eigenvalue weighted by Gasteiger charge is -2.35. The lowest BCUT2D eigenvalue weighted by Crippen LogP contribution is -2.43. The van der Waals surface area contributed by atoms with Crippen molar-refractivity contribution in [1.29, 1.82) is 0 Å². The molecule has 0 aliphatic carbocycles. The number of halogens is 1. The number of amides is 1. The second kappa shape index (κ2) is 10.9. The number of carbonyl (C=O) groups is 1. The maximum absolute atomic E-state index is 13.3. The number of aryl methyl sites for hydroxylation is 1. The molecule has 1 atom stereocenters. The zero-order chi connectivity index (χ0) is 21.3. The Morgan fingerprint density at radius 2 is 1.80 bits per heavy atom. The molecule has 1 aliphatic rings. The largest absolute Gasteiger partial charge is 0.493 e. The van der Waals surface area contributed by atoms with Gasteiger partial charge in [-0.1, -0.05) is 18.2 Å². The first-order chi connectivity index (χ1) is 14.6. The molecule has 162 valence electrons. The fraction of sp³-hybridized carbons (Fsp3) is 0.435. The topological polar surface area (TPSA) is 60.0 Å². The monoisotopic (exact) mass is 416 g/mol. The molecule has 1 heterocycles. The molecule has 2 aromatic carbocycles. The van der Waals surface area contributed by atoms with Crippen LogP contribution in [-0.4, -0.2) is 57.9 Å². The Kier molecular flexibility index (Phi) is 8.04. The molecule has 1 N–H and O–H groups in total. The molecule has 2 aromatic rings. The van der Waals surface area contributed by atoms with Crippen molar-refractivity contribution in [2.24, 2.45) is 0 Å². The number of nitrogens with zero attached hydrogens (tertiary/aromatic N) is 1. The van der Waals surface area contributed by atoms with E-state index in [1.165, 1.54) is 12.1 Å². The summed E-state index contributed by atoms with van der Waals surface area (Å²) in [5.74, 6) is 1.03. The average molecular weight is 416 g/mol. The van der Waals surface area contributed by atoms with Gasteiger partial charge in [-0.05, 0) is 41.8 Å². The first-order valence-corrected chi connectivity index (χ1v) is 10.2. The fourth-order valence-corrected chi connectivity index (χ4v) is 3.62. The second-order valence-corrected chi connectivity index (χ2v) is 7.21. The van der Waals surface area contributed by atoms with Gasteiger partial charge in [0.15, 0.2) is 11.5 Å². The molecule has 6 nitrogen and oxygen atoms in total. The lowest BCUT2D eigenvalue weighted by molar-refractivity contribution is -0.121. The molecule has 0 bridgehead atoms. The van der Waals surface area contributed by atoms with Crippen molar-refractivity contribution in [3.63, 3.8) is 0 Å². The number of carbonyl (C=O) groups excluding carboxylic acids is 1. The van der Waals surface area contributed by atoms with Gasteiger partial charge in [0.1, 0.15) is 5.82 Å². The Morgan fingerprint density at radius 1 is 1.10 bits per heavy atom. The predicted molar refractivity (Wildman–Crippen MR) is 112 cm³/mol. The number of nitrogens with one attached hydrogen (secondary N) is 1. The maximum Gasteiger partial charge on any atom is 0.220 e. The highest BCUT2D eigenvalue weighted by Gasteiger charge is 2.23. The molecule has 0 spiro atoms. The highest BCUT2D eigenvalue weighted by atomic mass is 19.1. The third kappa shape index (κ3) is 5.93. The molecule has 1 unspecified atom stereocenters. The minimum Gasteiger partial charge on any atom is -0.493 e. The number of morpholine rings is 1. The maximum atomic E-state index is 13.3. The van der Waals surface area contributed by atoms with Crippen molar-refractivity contribution in [1.82, 2.24) is 10.2 Å². The van der Waals surface area contributed by atoms with Gasteiger partial charge in [-0.2, -0.15) is 0 Å². The molecule has 30 heavy (non-hydrogen) atoms. The number of ether oxygens (including phenoxy) is 3. The molecule has 1 aliphatic heterocycles. The first kappa shape index (κ1) is 22.1. The SMILES string of the molecule is COc1ccc(CCC(=O)NCC(c2ccc(F)cc2)N2CCOCC2)cc1OC. The summed E-state index contributed by atoms with van der Waals surface area (Å²) in [6.07, 6.45) is 0.972. The summed E-state index contributed by atoms with van der Waals surface area (Å²) < 4.78 is 29.4. The van der Waals surface area contributed by atoms with E-state index in [2.05, 4.69) is 10.2 Å². The standard InChI is InChI=1S/C23H29FN2O4/c1-28-21-9-3-17(15-22(21)29-2)4-10-23(27)25-16-20(26-11-13-30-14-12-26)18-5-7-19(24)8-6-18/h3,5-9,15,20H,4,10-14,16H2,1-2H3,(H,25,27). The van der Waals surface area contributed by atoms with Crippen LogP contribution in [0.5, 0.6) is 11.5 Å². The Hall–Kier alpha value is -2.64. The minimum atomic E-state index is -0.265. The van der Waals surface area contributed by atoms with E-state index >= 15 is 0 Å². The number of hydrogen-bond donors (Lipinski definition) is 1. The molecule has 7 heteroatoms. The van der Waals surface area contributed by atoms with Crippen LogP contribution < -0.4 is 14.8 Å². The van der Waals surface area contributed by atoms with E-state index in [1.807, 2.05) is 18.2 Å². The van der Waals surface area contributed by atoms with Gasteiger partial charge in [0.05, 0.1) is 33.5 Å². The third-order valence-electron chi connectivity index (χ3n) is 5.32. The van der Waals surface area contributed by atoms with Crippen molar-refractivity contribution < 1.29 is 23.4 Å². The van der Waals surface area contributed by atoms with E-state index in [0.717, 1.165) is 24.2 Å². The van der Waals surface area contributed by atoms with E-state index in [0.29, 0.717) is 44.1 Å². The van der Waals surface area contributed by atoms with Gasteiger partial charge in [0.2, 0.25) is 5.91 Å². The van der Waals surface area contributed by atoms with Gasteiger partial charge in [-0.25, -0.2) is 4.39 Å². The van der Waals surface area contributed by atoms with Crippen LogP contribution in [0.15, 0.2) is 42.5 Å². The van der Waals surface area contributed by atoms with Gasteiger partial charge in [0.25, 0.3) is 0 Å². The predicted octanol–water partition coefficient (Wildman–Crippen LogP) is 2.97. The van der Waals surface area contributed by atoms with Gasteiger partial charge in [0, 0.05) is 26.1 Å². The molecule has 1 fully saturated rings. The number of hydrogen-bond acceptors (Lipinski definition) is 5. The first-order valence-electron chi connectivity index (χ1n) is 10.2. The minimum absolute atomic E-state index is 0.0143. The van der Waals surface area contributed by atoms with Gasteiger partial charge in [-0.3, -0.25) is 9.69 Å². The Morgan fingerprint density at radius 3 is 2.47 bits per heavy atom. The van der Waals surface area contributed by atoms with Crippen LogP contribution in [0.1, 0.15) is 23.6 Å². The summed E-state index contributed by atoms with van der Waals surface area (Å²) in [7, 11) is 3.19. The zero-order valence-electron chi connectivity index (χ0n) is 17.5. The van der Waals surface area contributed by atoms with Crippen molar-refractivity contribution in [2.45, 2.75) is 18.9 Å². The van der Waals surface area contributed by atoms with E-state index in [4.69, 9.17) is 14.2 Å². The summed E-state index contributed by atoms with van der Waals surface area (Å²) >= 11 is 0. The number of benzene rings is 2. The van der Waals surface area contributed by atoms with Crippen molar-refractivity contribution in [2.75, 3.05) is 47.1 Å². The quantitative estimate of drug-likeness (QED) is 0.681. The van der Waals surface area contributed by atoms with E-state index in [1.54, 1.807) is 26.4 Å². The van der Waals surface area contributed by atoms with E-state index in [9.17, 15) is 9.18 Å². The Labute approximate surface area is 176 Å². The van der Waals surface area contributed by atoms with Crippen LogP contribution in [0, 0.1) is 5.82 Å². The van der Waals surface area contributed by atoms with Crippen LogP contribution in [-0.2, 0) is 16.0 Å². The van der Waals surface area contributed by atoms with E-state index in [-0.39, 0.29) is 17.8 Å². The van der Waals surface area contributed by atoms with Crippen molar-refractivity contribution in [3.05, 3.63) is 59.4 Å². The van der Waals surface area contributed by atoms with Gasteiger partial charge < -0.3 is 19.5 Å². The molecule has 3 rings (SSSR count). The summed E-state index contributed by atoms with van der Waals surface area (Å²) in [5.41, 5.74) is 1.99. The van der Waals surface area contributed by atoms with E-state index < -0.39 is 0 Å². The zero-order valence-corrected chi connectivity index (χ0v) is 17.5. The highest BCUT2D eigenvalue weighted by Crippen LogP contribution is 2.28. The summed E-state index contributed by atoms with van der Waals surface area (Å²) in [4.78, 5) is 14.8. The second-order valence-electron chi connectivity index (χ2n) is 7.21. The van der Waals surface area contributed by atoms with Gasteiger partial charge >= 0.3 is 0 Å². The van der Waals surface area contributed by atoms with Crippen LogP contribution in [0.2, 0.25) is 0 Å². The molecule has 1 saturated heterocycles. The van der Waals surface area contributed by atoms with Crippen molar-refractivity contribution in [3.8, 4) is 11.5 Å². The van der Waals surface area contributed by atoms with Crippen LogP contribution >= 0.6 is 0 Å². The Bertz CT molecular complexity index is 822. The summed E-state index contributed by atoms with van der Waals surface area (Å²) in [6, 6.07) is 12.1. The molecular formula is C23H29FN2O4. The van der Waals surface area contributed by atoms with Gasteiger partial charge in [-0.15, -0.1) is 0 Å². The summed E-state index contributed by atoms with van der Waals surface area (Å²) in [5, 5.41) is 3.04. The smallest absolute Gasteiger partial charge is 0.220 e. The summed E-state index contributed by atoms with van der Waals surface area (Å²) in [6.45, 7) is 3.35. The average Bonchev–Trinajstić information content (AvgIpc) is 2.79. The molecule has 0 saturated carbocycles. The molecule has 0 radical (unpaired) electrons. The lowest BCUT2D eigenvalue weighted by atomic mass is 10.0. The Balaban J connectivity index is 1.58. The van der Waals surface area contributed by atoms with Crippen molar-refractivity contribution >= 4 is 5.91 Å². The fourth-order valence-electron chi connectivity index (χ4n) is 3.62. The molecular weight excluding hydrogens is 387 g/mol.